The number of ether oxygens (including phenoxy) is 1. The minimum atomic E-state index is -0.188. The molecule has 1 fully saturated rings. The van der Waals surface area contributed by atoms with Crippen molar-refractivity contribution in [1.29, 1.82) is 0 Å². The van der Waals surface area contributed by atoms with Crippen LogP contribution in [0.4, 0.5) is 0 Å². The summed E-state index contributed by atoms with van der Waals surface area (Å²) in [5, 5.41) is 2.09. The van der Waals surface area contributed by atoms with Gasteiger partial charge >= 0.3 is 0 Å². The van der Waals surface area contributed by atoms with Crippen LogP contribution < -0.4 is 5.56 Å². The number of H-pyrrole nitrogens is 1. The molecule has 3 aromatic heterocycles. The van der Waals surface area contributed by atoms with Crippen LogP contribution in [-0.2, 0) is 17.7 Å². The van der Waals surface area contributed by atoms with Gasteiger partial charge in [-0.1, -0.05) is 0 Å². The molecule has 2 aliphatic rings. The van der Waals surface area contributed by atoms with Crippen molar-refractivity contribution in [3.05, 3.63) is 67.5 Å². The van der Waals surface area contributed by atoms with Gasteiger partial charge in [-0.15, -0.1) is 11.3 Å². The van der Waals surface area contributed by atoms with Crippen LogP contribution in [0.2, 0.25) is 0 Å². The summed E-state index contributed by atoms with van der Waals surface area (Å²) < 4.78 is 7.49. The number of carbonyl (C=O) groups excluding carboxylic acids is 1. The first-order valence-corrected chi connectivity index (χ1v) is 11.9. The molecule has 0 unspecified atom stereocenters. The molecular formula is C24H24N4O3S. The second kappa shape index (κ2) is 7.56. The largest absolute Gasteiger partial charge is 0.381 e. The van der Waals surface area contributed by atoms with Crippen molar-refractivity contribution in [2.45, 2.75) is 38.6 Å². The number of nitrogens with one attached hydrogen (secondary N) is 1. The lowest BCUT2D eigenvalue weighted by molar-refractivity contribution is 0.0735. The average molecular weight is 449 g/mol. The lowest BCUT2D eigenvalue weighted by Gasteiger charge is -2.27. The van der Waals surface area contributed by atoms with E-state index in [0.29, 0.717) is 36.4 Å². The Morgan fingerprint density at radius 2 is 2.09 bits per heavy atom. The fraction of sp³-hybridized carbons (Fsp3) is 0.375. The summed E-state index contributed by atoms with van der Waals surface area (Å²) in [7, 11) is 0. The van der Waals surface area contributed by atoms with E-state index in [1.807, 2.05) is 28.4 Å². The lowest BCUT2D eigenvalue weighted by Crippen LogP contribution is -2.35. The molecule has 0 atom stereocenters. The van der Waals surface area contributed by atoms with Crippen LogP contribution in [0, 0.1) is 6.92 Å². The summed E-state index contributed by atoms with van der Waals surface area (Å²) in [5.74, 6) is 1.17. The van der Waals surface area contributed by atoms with Gasteiger partial charge in [0.1, 0.15) is 11.3 Å². The van der Waals surface area contributed by atoms with Gasteiger partial charge in [-0.05, 0) is 60.9 Å². The maximum atomic E-state index is 13.4. The molecule has 1 aromatic carbocycles. The molecule has 0 bridgehead atoms. The van der Waals surface area contributed by atoms with E-state index in [9.17, 15) is 9.59 Å². The smallest absolute Gasteiger partial charge is 0.274 e. The van der Waals surface area contributed by atoms with Crippen LogP contribution in [0.5, 0.6) is 0 Å². The summed E-state index contributed by atoms with van der Waals surface area (Å²) >= 11 is 1.76. The van der Waals surface area contributed by atoms with Gasteiger partial charge in [0.25, 0.3) is 11.5 Å². The van der Waals surface area contributed by atoms with Crippen molar-refractivity contribution in [2.75, 3.05) is 19.8 Å². The number of carbonyl (C=O) groups is 1. The second-order valence-electron chi connectivity index (χ2n) is 8.71. The Balaban J connectivity index is 1.45. The predicted molar refractivity (Wildman–Crippen MR) is 124 cm³/mol. The normalized spacial score (nSPS) is 17.2. The highest BCUT2D eigenvalue weighted by molar-refractivity contribution is 7.10. The molecule has 0 spiro atoms. The molecule has 2 aliphatic heterocycles. The molecule has 0 aliphatic carbocycles. The van der Waals surface area contributed by atoms with Crippen LogP contribution in [0.15, 0.2) is 34.6 Å². The molecule has 7 nitrogen and oxygen atoms in total. The number of aryl methyl sites for hydroxylation is 1. The number of fused-ring (bicyclic) bond motifs is 4. The Morgan fingerprint density at radius 3 is 2.94 bits per heavy atom. The highest BCUT2D eigenvalue weighted by Gasteiger charge is 2.26. The monoisotopic (exact) mass is 448 g/mol. The van der Waals surface area contributed by atoms with E-state index in [0.717, 1.165) is 42.7 Å². The Bertz CT molecular complexity index is 1410. The third kappa shape index (κ3) is 3.09. The molecule has 1 saturated heterocycles. The summed E-state index contributed by atoms with van der Waals surface area (Å²) in [6, 6.07) is 5.96. The first kappa shape index (κ1) is 19.7. The summed E-state index contributed by atoms with van der Waals surface area (Å²) in [6.07, 6.45) is 4.33. The number of imidazole rings is 1. The number of nitrogens with zero attached hydrogens (tertiary/aromatic N) is 3. The predicted octanol–water partition coefficient (Wildman–Crippen LogP) is 3.64. The average Bonchev–Trinajstić information content (AvgIpc) is 3.47. The van der Waals surface area contributed by atoms with Crippen molar-refractivity contribution in [2.24, 2.45) is 0 Å². The van der Waals surface area contributed by atoms with Crippen LogP contribution in [0.3, 0.4) is 0 Å². The molecule has 1 N–H and O–H groups in total. The first-order valence-electron chi connectivity index (χ1n) is 11.1. The lowest BCUT2D eigenvalue weighted by atomic mass is 9.99. The number of thiophene rings is 1. The van der Waals surface area contributed by atoms with Crippen molar-refractivity contribution < 1.29 is 9.53 Å². The van der Waals surface area contributed by atoms with Crippen molar-refractivity contribution in [1.82, 2.24) is 19.3 Å². The van der Waals surface area contributed by atoms with Crippen molar-refractivity contribution >= 4 is 33.8 Å². The highest BCUT2D eigenvalue weighted by Crippen LogP contribution is 2.30. The summed E-state index contributed by atoms with van der Waals surface area (Å²) in [4.78, 5) is 37.1. The fourth-order valence-electron chi connectivity index (χ4n) is 5.01. The van der Waals surface area contributed by atoms with Gasteiger partial charge in [0.05, 0.1) is 17.2 Å². The molecule has 1 amide bonds. The van der Waals surface area contributed by atoms with Gasteiger partial charge in [0, 0.05) is 42.7 Å². The zero-order valence-corrected chi connectivity index (χ0v) is 18.7. The van der Waals surface area contributed by atoms with Gasteiger partial charge in [-0.2, -0.15) is 0 Å². The third-order valence-electron chi connectivity index (χ3n) is 6.77. The van der Waals surface area contributed by atoms with E-state index in [2.05, 4.69) is 21.4 Å². The number of aromatic amines is 1. The summed E-state index contributed by atoms with van der Waals surface area (Å²) in [5.41, 5.74) is 4.67. The van der Waals surface area contributed by atoms with Crippen LogP contribution in [0.1, 0.15) is 50.9 Å². The van der Waals surface area contributed by atoms with E-state index < -0.39 is 0 Å². The van der Waals surface area contributed by atoms with Crippen molar-refractivity contribution in [3.8, 4) is 0 Å². The van der Waals surface area contributed by atoms with Crippen LogP contribution >= 0.6 is 11.3 Å². The molecule has 5 heterocycles. The topological polar surface area (TPSA) is 79.7 Å². The molecule has 0 saturated carbocycles. The molecule has 8 heteroatoms. The standard InChI is InChI=1S/C24H24N4O3S/c1-14-10-19-18(11-17(14)24(30)27-6-2-21-16(13-27)5-9-32-21)26-23(29)20-12-25-22(28(19)20)15-3-7-31-8-4-15/h5,9-12,15H,2-4,6-8,13H2,1H3,(H,26,29). The van der Waals surface area contributed by atoms with Crippen LogP contribution in [-0.4, -0.2) is 44.9 Å². The maximum absolute atomic E-state index is 13.4. The Labute approximate surface area is 188 Å². The van der Waals surface area contributed by atoms with E-state index in [1.165, 1.54) is 10.4 Å². The van der Waals surface area contributed by atoms with E-state index in [-0.39, 0.29) is 17.4 Å². The number of hydrogen-bond acceptors (Lipinski definition) is 5. The molecule has 164 valence electrons. The zero-order valence-electron chi connectivity index (χ0n) is 17.9. The first-order chi connectivity index (χ1) is 15.6. The number of benzene rings is 1. The number of hydrogen-bond donors (Lipinski definition) is 1. The van der Waals surface area contributed by atoms with Gasteiger partial charge in [-0.25, -0.2) is 4.98 Å². The zero-order chi connectivity index (χ0) is 21.8. The minimum Gasteiger partial charge on any atom is -0.381 e. The Kier molecular flexibility index (Phi) is 4.66. The quantitative estimate of drug-likeness (QED) is 0.508. The number of rotatable bonds is 2. The second-order valence-corrected chi connectivity index (χ2v) is 9.71. The minimum absolute atomic E-state index is 0.0116. The molecule has 0 radical (unpaired) electrons. The van der Waals surface area contributed by atoms with Crippen molar-refractivity contribution in [3.63, 3.8) is 0 Å². The van der Waals surface area contributed by atoms with Gasteiger partial charge in [0.15, 0.2) is 0 Å². The molecule has 32 heavy (non-hydrogen) atoms. The Morgan fingerprint density at radius 1 is 1.25 bits per heavy atom. The molecule has 4 aromatic rings. The summed E-state index contributed by atoms with van der Waals surface area (Å²) in [6.45, 7) is 4.74. The highest BCUT2D eigenvalue weighted by atomic mass is 32.1. The van der Waals surface area contributed by atoms with E-state index >= 15 is 0 Å². The SMILES string of the molecule is Cc1cc2c(cc1C(=O)N1CCc3sccc3C1)[nH]c(=O)c1cnc(C3CCOCC3)n12. The molecular weight excluding hydrogens is 424 g/mol. The maximum Gasteiger partial charge on any atom is 0.274 e. The van der Waals surface area contributed by atoms with E-state index in [4.69, 9.17) is 4.74 Å². The van der Waals surface area contributed by atoms with Gasteiger partial charge in [0.2, 0.25) is 0 Å². The van der Waals surface area contributed by atoms with Crippen LogP contribution in [0.25, 0.3) is 16.6 Å². The Hall–Kier alpha value is -2.97. The van der Waals surface area contributed by atoms with E-state index in [1.54, 1.807) is 17.5 Å². The third-order valence-corrected chi connectivity index (χ3v) is 7.79. The fourth-order valence-corrected chi connectivity index (χ4v) is 5.90. The van der Waals surface area contributed by atoms with Gasteiger partial charge < -0.3 is 14.6 Å². The van der Waals surface area contributed by atoms with Gasteiger partial charge in [-0.3, -0.25) is 14.0 Å². The molecule has 6 rings (SSSR count). The number of aromatic nitrogens is 3. The number of amides is 1.